The fourth-order valence-electron chi connectivity index (χ4n) is 3.22. The van der Waals surface area contributed by atoms with Crippen LogP contribution in [0.15, 0.2) is 0 Å². The highest BCUT2D eigenvalue weighted by Gasteiger charge is 2.27. The second kappa shape index (κ2) is 6.87. The maximum absolute atomic E-state index is 12.8. The zero-order valence-corrected chi connectivity index (χ0v) is 13.4. The number of carbonyl (C=O) groups excluding carboxylic acids is 1. The van der Waals surface area contributed by atoms with Gasteiger partial charge in [-0.15, -0.1) is 0 Å². The summed E-state index contributed by atoms with van der Waals surface area (Å²) in [5.74, 6) is 0.666. The molecule has 5 heteroatoms. The van der Waals surface area contributed by atoms with Gasteiger partial charge in [-0.05, 0) is 33.6 Å². The number of aromatic nitrogens is 2. The van der Waals surface area contributed by atoms with E-state index in [-0.39, 0.29) is 11.9 Å². The van der Waals surface area contributed by atoms with E-state index in [1.54, 1.807) is 0 Å². The second-order valence-corrected chi connectivity index (χ2v) is 5.74. The van der Waals surface area contributed by atoms with E-state index in [0.717, 1.165) is 18.5 Å². The normalized spacial score (nSPS) is 16.0. The fourth-order valence-corrected chi connectivity index (χ4v) is 3.22. The second-order valence-electron chi connectivity index (χ2n) is 5.74. The molecule has 0 radical (unpaired) electrons. The minimum absolute atomic E-state index is 0.0399. The third-order valence-electron chi connectivity index (χ3n) is 4.39. The summed E-state index contributed by atoms with van der Waals surface area (Å²) in [6.45, 7) is 7.25. The molecule has 116 valence electrons. The van der Waals surface area contributed by atoms with Gasteiger partial charge < -0.3 is 10.6 Å². The number of anilines is 1. The summed E-state index contributed by atoms with van der Waals surface area (Å²) in [4.78, 5) is 23.3. The molecule has 21 heavy (non-hydrogen) atoms. The van der Waals surface area contributed by atoms with Crippen molar-refractivity contribution >= 4 is 11.9 Å². The summed E-state index contributed by atoms with van der Waals surface area (Å²) in [5.41, 5.74) is 8.09. The van der Waals surface area contributed by atoms with Crippen LogP contribution in [-0.2, 0) is 0 Å². The first-order chi connectivity index (χ1) is 10.1. The van der Waals surface area contributed by atoms with E-state index in [0.29, 0.717) is 30.3 Å². The number of carbonyl (C=O) groups is 1. The van der Waals surface area contributed by atoms with Crippen LogP contribution in [0, 0.1) is 6.92 Å². The molecule has 1 saturated carbocycles. The van der Waals surface area contributed by atoms with Crippen molar-refractivity contribution in [1.82, 2.24) is 14.9 Å². The highest BCUT2D eigenvalue weighted by Crippen LogP contribution is 2.34. The molecular weight excluding hydrogens is 264 g/mol. The molecule has 1 amide bonds. The van der Waals surface area contributed by atoms with Gasteiger partial charge in [-0.2, -0.15) is 0 Å². The standard InChI is InChI=1S/C16H26N4O/c1-4-20(5-2)15(21)13-11(3)18-16(17)19-14(13)12-9-7-6-8-10-12/h12H,4-10H2,1-3H3,(H2,17,18,19). The summed E-state index contributed by atoms with van der Waals surface area (Å²) in [6, 6.07) is 0. The van der Waals surface area contributed by atoms with Gasteiger partial charge in [0.05, 0.1) is 17.0 Å². The molecule has 1 aromatic heterocycles. The van der Waals surface area contributed by atoms with Crippen LogP contribution in [0.5, 0.6) is 0 Å². The number of nitrogens with zero attached hydrogens (tertiary/aromatic N) is 3. The van der Waals surface area contributed by atoms with Crippen LogP contribution in [0.4, 0.5) is 5.95 Å². The molecule has 1 fully saturated rings. The van der Waals surface area contributed by atoms with Crippen LogP contribution in [-0.4, -0.2) is 33.9 Å². The first-order valence-corrected chi connectivity index (χ1v) is 8.01. The molecule has 0 bridgehead atoms. The summed E-state index contributed by atoms with van der Waals surface area (Å²) in [6.07, 6.45) is 5.86. The van der Waals surface area contributed by atoms with Crippen molar-refractivity contribution in [3.63, 3.8) is 0 Å². The fraction of sp³-hybridized carbons (Fsp3) is 0.688. The van der Waals surface area contributed by atoms with Gasteiger partial charge >= 0.3 is 0 Å². The van der Waals surface area contributed by atoms with E-state index in [9.17, 15) is 4.79 Å². The monoisotopic (exact) mass is 290 g/mol. The summed E-state index contributed by atoms with van der Waals surface area (Å²) in [7, 11) is 0. The van der Waals surface area contributed by atoms with E-state index in [2.05, 4.69) is 9.97 Å². The number of nitrogen functional groups attached to an aromatic ring is 1. The molecule has 2 rings (SSSR count). The van der Waals surface area contributed by atoms with E-state index >= 15 is 0 Å². The van der Waals surface area contributed by atoms with Crippen molar-refractivity contribution in [2.45, 2.75) is 58.8 Å². The first kappa shape index (κ1) is 15.7. The van der Waals surface area contributed by atoms with Gasteiger partial charge in [-0.25, -0.2) is 9.97 Å². The molecule has 0 aromatic carbocycles. The van der Waals surface area contributed by atoms with Crippen molar-refractivity contribution in [1.29, 1.82) is 0 Å². The maximum Gasteiger partial charge on any atom is 0.257 e. The number of rotatable bonds is 4. The van der Waals surface area contributed by atoms with Crippen LogP contribution < -0.4 is 5.73 Å². The van der Waals surface area contributed by atoms with E-state index in [4.69, 9.17) is 5.73 Å². The number of hydrogen-bond acceptors (Lipinski definition) is 4. The summed E-state index contributed by atoms with van der Waals surface area (Å²) < 4.78 is 0. The Bertz CT molecular complexity index is 505. The van der Waals surface area contributed by atoms with Crippen LogP contribution in [0.1, 0.15) is 73.6 Å². The third kappa shape index (κ3) is 3.34. The van der Waals surface area contributed by atoms with Crippen molar-refractivity contribution in [2.24, 2.45) is 0 Å². The van der Waals surface area contributed by atoms with Gasteiger partial charge in [0.1, 0.15) is 0 Å². The number of amides is 1. The predicted octanol–water partition coefficient (Wildman–Crippen LogP) is 2.90. The smallest absolute Gasteiger partial charge is 0.257 e. The lowest BCUT2D eigenvalue weighted by molar-refractivity contribution is 0.0769. The van der Waals surface area contributed by atoms with Gasteiger partial charge in [0.2, 0.25) is 5.95 Å². The molecule has 1 heterocycles. The van der Waals surface area contributed by atoms with Gasteiger partial charge in [-0.1, -0.05) is 19.3 Å². The molecule has 1 aliphatic carbocycles. The number of nitrogens with two attached hydrogens (primary N) is 1. The SMILES string of the molecule is CCN(CC)C(=O)c1c(C)nc(N)nc1C1CCCCC1. The minimum atomic E-state index is 0.0399. The molecule has 2 N–H and O–H groups in total. The van der Waals surface area contributed by atoms with Crippen molar-refractivity contribution in [3.8, 4) is 0 Å². The third-order valence-corrected chi connectivity index (χ3v) is 4.39. The highest BCUT2D eigenvalue weighted by molar-refractivity contribution is 5.96. The average molecular weight is 290 g/mol. The Balaban J connectivity index is 2.45. The van der Waals surface area contributed by atoms with Crippen LogP contribution in [0.2, 0.25) is 0 Å². The lowest BCUT2D eigenvalue weighted by atomic mass is 9.84. The van der Waals surface area contributed by atoms with Crippen LogP contribution in [0.25, 0.3) is 0 Å². The van der Waals surface area contributed by atoms with Crippen molar-refractivity contribution in [2.75, 3.05) is 18.8 Å². The lowest BCUT2D eigenvalue weighted by Gasteiger charge is -2.26. The summed E-state index contributed by atoms with van der Waals surface area (Å²) >= 11 is 0. The zero-order valence-electron chi connectivity index (χ0n) is 13.4. The first-order valence-electron chi connectivity index (χ1n) is 8.01. The maximum atomic E-state index is 12.8. The average Bonchev–Trinajstić information content (AvgIpc) is 2.48. The Morgan fingerprint density at radius 1 is 1.19 bits per heavy atom. The molecule has 0 atom stereocenters. The lowest BCUT2D eigenvalue weighted by Crippen LogP contribution is -2.33. The Hall–Kier alpha value is -1.65. The van der Waals surface area contributed by atoms with Gasteiger partial charge in [-0.3, -0.25) is 4.79 Å². The quantitative estimate of drug-likeness (QED) is 0.925. The van der Waals surface area contributed by atoms with Crippen molar-refractivity contribution in [3.05, 3.63) is 17.0 Å². The van der Waals surface area contributed by atoms with Gasteiger partial charge in [0.25, 0.3) is 5.91 Å². The number of aryl methyl sites for hydroxylation is 1. The Morgan fingerprint density at radius 2 is 1.81 bits per heavy atom. The van der Waals surface area contributed by atoms with E-state index in [1.165, 1.54) is 19.3 Å². The minimum Gasteiger partial charge on any atom is -0.368 e. The van der Waals surface area contributed by atoms with Gasteiger partial charge in [0.15, 0.2) is 0 Å². The molecule has 0 saturated heterocycles. The molecule has 0 spiro atoms. The topological polar surface area (TPSA) is 72.1 Å². The molecule has 0 aliphatic heterocycles. The number of hydrogen-bond donors (Lipinski definition) is 1. The van der Waals surface area contributed by atoms with Gasteiger partial charge in [0, 0.05) is 19.0 Å². The largest absolute Gasteiger partial charge is 0.368 e. The molecule has 1 aliphatic rings. The van der Waals surface area contributed by atoms with Crippen LogP contribution in [0.3, 0.4) is 0 Å². The summed E-state index contributed by atoms with van der Waals surface area (Å²) in [5, 5.41) is 0. The Morgan fingerprint density at radius 3 is 2.38 bits per heavy atom. The Kier molecular flexibility index (Phi) is 5.15. The molecule has 1 aromatic rings. The molecule has 0 unspecified atom stereocenters. The van der Waals surface area contributed by atoms with E-state index < -0.39 is 0 Å². The van der Waals surface area contributed by atoms with Crippen LogP contribution >= 0.6 is 0 Å². The Labute approximate surface area is 127 Å². The molecule has 5 nitrogen and oxygen atoms in total. The van der Waals surface area contributed by atoms with Crippen molar-refractivity contribution < 1.29 is 4.79 Å². The molecular formula is C16H26N4O. The zero-order chi connectivity index (χ0) is 15.4. The van der Waals surface area contributed by atoms with E-state index in [1.807, 2.05) is 25.7 Å². The predicted molar refractivity (Wildman–Crippen MR) is 84.3 cm³/mol. The highest BCUT2D eigenvalue weighted by atomic mass is 16.2.